The van der Waals surface area contributed by atoms with Crippen LogP contribution < -0.4 is 9.80 Å². The van der Waals surface area contributed by atoms with Gasteiger partial charge in [0, 0.05) is 12.2 Å². The molecule has 2 aliphatic rings. The Morgan fingerprint density at radius 1 is 0.724 bits per heavy atom. The molecule has 0 unspecified atom stereocenters. The van der Waals surface area contributed by atoms with Gasteiger partial charge >= 0.3 is 0 Å². The van der Waals surface area contributed by atoms with Crippen LogP contribution >= 0.6 is 0 Å². The summed E-state index contributed by atoms with van der Waals surface area (Å²) in [6.07, 6.45) is 0.781. The first kappa shape index (κ1) is 17.4. The number of imide groups is 1. The first-order valence-corrected chi connectivity index (χ1v) is 9.45. The minimum Gasteiger partial charge on any atom is -0.336 e. The Kier molecular flexibility index (Phi) is 4.02. The van der Waals surface area contributed by atoms with Crippen LogP contribution in [0.4, 0.5) is 15.8 Å². The van der Waals surface area contributed by atoms with Crippen LogP contribution in [0.5, 0.6) is 0 Å². The second-order valence-electron chi connectivity index (χ2n) is 7.02. The monoisotopic (exact) mass is 384 g/mol. The highest BCUT2D eigenvalue weighted by Gasteiger charge is 2.44. The molecule has 0 aromatic heterocycles. The number of fused-ring (bicyclic) bond motifs is 1. The molecule has 0 saturated carbocycles. The van der Waals surface area contributed by atoms with Crippen molar-refractivity contribution in [3.05, 3.63) is 102 Å². The van der Waals surface area contributed by atoms with Crippen LogP contribution in [0.3, 0.4) is 0 Å². The number of halogens is 1. The summed E-state index contributed by atoms with van der Waals surface area (Å²) >= 11 is 0. The molecule has 2 amide bonds. The Morgan fingerprint density at radius 3 is 2.14 bits per heavy atom. The molecule has 2 heterocycles. The number of para-hydroxylation sites is 2. The number of rotatable bonds is 3. The second-order valence-corrected chi connectivity index (χ2v) is 7.02. The molecule has 0 bridgehead atoms. The van der Waals surface area contributed by atoms with Crippen LogP contribution in [0, 0.1) is 5.82 Å². The molecule has 0 spiro atoms. The molecule has 5 rings (SSSR count). The minimum atomic E-state index is -0.607. The van der Waals surface area contributed by atoms with Crippen molar-refractivity contribution in [3.63, 3.8) is 0 Å². The average Bonchev–Trinajstić information content (AvgIpc) is 3.27. The van der Waals surface area contributed by atoms with E-state index in [0.717, 1.165) is 22.6 Å². The summed E-state index contributed by atoms with van der Waals surface area (Å²) < 4.78 is 14.5. The third-order valence-corrected chi connectivity index (χ3v) is 5.37. The zero-order chi connectivity index (χ0) is 20.0. The topological polar surface area (TPSA) is 40.6 Å². The van der Waals surface area contributed by atoms with Crippen LogP contribution in [-0.4, -0.2) is 18.4 Å². The fourth-order valence-electron chi connectivity index (χ4n) is 4.06. The number of benzene rings is 3. The third kappa shape index (κ3) is 2.66. The summed E-state index contributed by atoms with van der Waals surface area (Å²) in [6, 6.07) is 22.8. The molecular formula is C24H17FN2O2. The van der Waals surface area contributed by atoms with Gasteiger partial charge in [-0.2, -0.15) is 0 Å². The lowest BCUT2D eigenvalue weighted by atomic mass is 10.0. The molecule has 3 aromatic carbocycles. The molecule has 0 fully saturated rings. The molecule has 4 nitrogen and oxygen atoms in total. The maximum Gasteiger partial charge on any atom is 0.282 e. The molecule has 29 heavy (non-hydrogen) atoms. The van der Waals surface area contributed by atoms with Crippen molar-refractivity contribution in [2.24, 2.45) is 0 Å². The lowest BCUT2D eigenvalue weighted by Gasteiger charge is -2.22. The summed E-state index contributed by atoms with van der Waals surface area (Å²) in [7, 11) is 0. The van der Waals surface area contributed by atoms with E-state index in [1.165, 1.54) is 18.2 Å². The summed E-state index contributed by atoms with van der Waals surface area (Å²) in [5.74, 6) is -1.62. The highest BCUT2D eigenvalue weighted by Crippen LogP contribution is 2.40. The van der Waals surface area contributed by atoms with Crippen LogP contribution in [-0.2, 0) is 16.0 Å². The SMILES string of the molecule is O=C1C(c2ccccc2)=C(N2CCc3ccccc32)C(=O)N1c1ccccc1F. The molecule has 0 N–H and O–H groups in total. The molecule has 5 heteroatoms. The molecule has 2 aliphatic heterocycles. The highest BCUT2D eigenvalue weighted by atomic mass is 19.1. The van der Waals surface area contributed by atoms with Gasteiger partial charge < -0.3 is 4.90 Å². The zero-order valence-corrected chi connectivity index (χ0v) is 15.5. The van der Waals surface area contributed by atoms with Crippen molar-refractivity contribution < 1.29 is 14.0 Å². The first-order chi connectivity index (χ1) is 14.2. The van der Waals surface area contributed by atoms with E-state index < -0.39 is 17.6 Å². The lowest BCUT2D eigenvalue weighted by molar-refractivity contribution is -0.120. The van der Waals surface area contributed by atoms with Gasteiger partial charge in [-0.3, -0.25) is 9.59 Å². The predicted octanol–water partition coefficient (Wildman–Crippen LogP) is 4.17. The first-order valence-electron chi connectivity index (χ1n) is 9.45. The van der Waals surface area contributed by atoms with Gasteiger partial charge in [0.1, 0.15) is 11.5 Å². The largest absolute Gasteiger partial charge is 0.336 e. The fourth-order valence-corrected chi connectivity index (χ4v) is 4.06. The lowest BCUT2D eigenvalue weighted by Crippen LogP contribution is -2.35. The van der Waals surface area contributed by atoms with Gasteiger partial charge in [-0.15, -0.1) is 0 Å². The van der Waals surface area contributed by atoms with E-state index >= 15 is 0 Å². The van der Waals surface area contributed by atoms with E-state index in [-0.39, 0.29) is 5.69 Å². The van der Waals surface area contributed by atoms with Gasteiger partial charge in [0.15, 0.2) is 0 Å². The van der Waals surface area contributed by atoms with Crippen molar-refractivity contribution in [2.45, 2.75) is 6.42 Å². The molecule has 0 atom stereocenters. The maximum absolute atomic E-state index is 14.5. The van der Waals surface area contributed by atoms with Gasteiger partial charge in [0.25, 0.3) is 11.8 Å². The van der Waals surface area contributed by atoms with Gasteiger partial charge in [-0.05, 0) is 35.7 Å². The van der Waals surface area contributed by atoms with Gasteiger partial charge in [0.2, 0.25) is 0 Å². The zero-order valence-electron chi connectivity index (χ0n) is 15.5. The van der Waals surface area contributed by atoms with Crippen molar-refractivity contribution in [1.29, 1.82) is 0 Å². The minimum absolute atomic E-state index is 0.0292. The molecule has 3 aromatic rings. The van der Waals surface area contributed by atoms with Crippen molar-refractivity contribution >= 4 is 28.8 Å². The van der Waals surface area contributed by atoms with Crippen molar-refractivity contribution in [3.8, 4) is 0 Å². The van der Waals surface area contributed by atoms with Crippen molar-refractivity contribution in [2.75, 3.05) is 16.3 Å². The van der Waals surface area contributed by atoms with E-state index in [2.05, 4.69) is 0 Å². The number of carbonyl (C=O) groups excluding carboxylic acids is 2. The van der Waals surface area contributed by atoms with E-state index in [9.17, 15) is 14.0 Å². The Bertz CT molecular complexity index is 1170. The average molecular weight is 384 g/mol. The quantitative estimate of drug-likeness (QED) is 0.637. The number of nitrogens with zero attached hydrogens (tertiary/aromatic N) is 2. The van der Waals surface area contributed by atoms with Crippen LogP contribution in [0.2, 0.25) is 0 Å². The van der Waals surface area contributed by atoms with Crippen LogP contribution in [0.25, 0.3) is 5.57 Å². The fraction of sp³-hybridized carbons (Fsp3) is 0.0833. The number of carbonyl (C=O) groups is 2. The van der Waals surface area contributed by atoms with E-state index in [4.69, 9.17) is 0 Å². The van der Waals surface area contributed by atoms with Gasteiger partial charge in [0.05, 0.1) is 11.3 Å². The molecule has 0 saturated heterocycles. The normalized spacial score (nSPS) is 16.0. The summed E-state index contributed by atoms with van der Waals surface area (Å²) in [4.78, 5) is 29.7. The predicted molar refractivity (Wildman–Crippen MR) is 110 cm³/mol. The molecule has 0 radical (unpaired) electrons. The Hall–Kier alpha value is -3.73. The summed E-state index contributed by atoms with van der Waals surface area (Å²) in [5.41, 5.74) is 3.25. The van der Waals surface area contributed by atoms with Crippen molar-refractivity contribution in [1.82, 2.24) is 0 Å². The van der Waals surface area contributed by atoms with Gasteiger partial charge in [-0.1, -0.05) is 60.7 Å². The van der Waals surface area contributed by atoms with E-state index in [0.29, 0.717) is 23.4 Å². The van der Waals surface area contributed by atoms with Crippen LogP contribution in [0.1, 0.15) is 11.1 Å². The Morgan fingerprint density at radius 2 is 1.38 bits per heavy atom. The number of hydrogen-bond donors (Lipinski definition) is 0. The number of anilines is 2. The van der Waals surface area contributed by atoms with E-state index in [1.807, 2.05) is 47.4 Å². The van der Waals surface area contributed by atoms with Crippen LogP contribution in [0.15, 0.2) is 84.6 Å². The van der Waals surface area contributed by atoms with E-state index in [1.54, 1.807) is 18.2 Å². The number of hydrogen-bond acceptors (Lipinski definition) is 3. The number of amides is 2. The summed E-state index contributed by atoms with van der Waals surface area (Å²) in [5, 5.41) is 0. The Balaban J connectivity index is 1.70. The molecule has 0 aliphatic carbocycles. The smallest absolute Gasteiger partial charge is 0.282 e. The highest BCUT2D eigenvalue weighted by molar-refractivity contribution is 6.46. The molecule has 142 valence electrons. The summed E-state index contributed by atoms with van der Waals surface area (Å²) in [6.45, 7) is 0.592. The Labute approximate surface area is 167 Å². The van der Waals surface area contributed by atoms with Gasteiger partial charge in [-0.25, -0.2) is 9.29 Å². The maximum atomic E-state index is 14.5. The third-order valence-electron chi connectivity index (χ3n) is 5.37. The molecular weight excluding hydrogens is 367 g/mol. The second kappa shape index (κ2) is 6.71. The standard InChI is InChI=1S/C24H17FN2O2/c25-18-11-5-7-13-20(18)27-23(28)21(17-9-2-1-3-10-17)22(24(27)29)26-15-14-16-8-4-6-12-19(16)26/h1-13H,14-15H2.